The average Bonchev–Trinajstić information content (AvgIpc) is 2.62. The number of benzene rings is 1. The topological polar surface area (TPSA) is 9.23 Å². The van der Waals surface area contributed by atoms with Crippen LogP contribution in [-0.4, -0.2) is 11.9 Å². The minimum absolute atomic E-state index is 0.324. The molecule has 1 fully saturated rings. The number of hydrogen-bond donors (Lipinski definition) is 0. The second-order valence-corrected chi connectivity index (χ2v) is 4.79. The van der Waals surface area contributed by atoms with E-state index in [0.717, 1.165) is 27.9 Å². The first-order valence-electron chi connectivity index (χ1n) is 4.79. The van der Waals surface area contributed by atoms with Gasteiger partial charge in [-0.25, -0.2) is 0 Å². The monoisotopic (exact) mass is 286 g/mol. The molecule has 0 aromatic heterocycles. The van der Waals surface area contributed by atoms with E-state index in [2.05, 4.69) is 22.5 Å². The molecule has 1 atom stereocenters. The van der Waals surface area contributed by atoms with Crippen molar-refractivity contribution >= 4 is 27.5 Å². The summed E-state index contributed by atoms with van der Waals surface area (Å²) in [7, 11) is 0. The van der Waals surface area contributed by atoms with Gasteiger partial charge in [-0.05, 0) is 11.6 Å². The Labute approximate surface area is 103 Å². The number of ether oxygens (including phenoxy) is 1. The molecule has 0 spiro atoms. The number of halogens is 2. The molecular formula is C12H12BrClO. The van der Waals surface area contributed by atoms with E-state index in [0.29, 0.717) is 6.61 Å². The van der Waals surface area contributed by atoms with Crippen LogP contribution in [0.15, 0.2) is 36.4 Å². The molecule has 0 radical (unpaired) electrons. The number of rotatable bonds is 2. The summed E-state index contributed by atoms with van der Waals surface area (Å²) in [5.41, 5.74) is 1.84. The van der Waals surface area contributed by atoms with Crippen LogP contribution >= 0.6 is 27.5 Å². The van der Waals surface area contributed by atoms with E-state index < -0.39 is 0 Å². The molecule has 1 saturated heterocycles. The lowest BCUT2D eigenvalue weighted by atomic mass is 9.92. The molecule has 0 saturated carbocycles. The van der Waals surface area contributed by atoms with Crippen LogP contribution in [0.2, 0.25) is 5.02 Å². The summed E-state index contributed by atoms with van der Waals surface area (Å²) < 4.78 is 5.84. The van der Waals surface area contributed by atoms with Crippen LogP contribution in [0.4, 0.5) is 0 Å². The molecule has 0 aliphatic carbocycles. The summed E-state index contributed by atoms with van der Waals surface area (Å²) in [5.74, 6) is 0. The maximum absolute atomic E-state index is 6.19. The number of hydrogen-bond acceptors (Lipinski definition) is 1. The van der Waals surface area contributed by atoms with Crippen LogP contribution < -0.4 is 0 Å². The molecule has 1 aromatic carbocycles. The molecule has 2 rings (SSSR count). The molecule has 80 valence electrons. The van der Waals surface area contributed by atoms with Crippen molar-refractivity contribution in [1.29, 1.82) is 0 Å². The Kier molecular flexibility index (Phi) is 3.19. The lowest BCUT2D eigenvalue weighted by molar-refractivity contribution is 0.0232. The zero-order chi connectivity index (χ0) is 10.9. The minimum Gasteiger partial charge on any atom is -0.365 e. The average molecular weight is 288 g/mol. The van der Waals surface area contributed by atoms with Crippen molar-refractivity contribution in [3.8, 4) is 0 Å². The van der Waals surface area contributed by atoms with Gasteiger partial charge in [-0.1, -0.05) is 52.3 Å². The van der Waals surface area contributed by atoms with Gasteiger partial charge in [-0.3, -0.25) is 0 Å². The van der Waals surface area contributed by atoms with Gasteiger partial charge in [0.25, 0.3) is 0 Å². The first-order valence-corrected chi connectivity index (χ1v) is 6.29. The Bertz CT molecular complexity index is 391. The van der Waals surface area contributed by atoms with Gasteiger partial charge in [-0.15, -0.1) is 0 Å². The Hall–Kier alpha value is -0.310. The third-order valence-electron chi connectivity index (χ3n) is 2.67. The van der Waals surface area contributed by atoms with E-state index >= 15 is 0 Å². The fourth-order valence-electron chi connectivity index (χ4n) is 1.91. The highest BCUT2D eigenvalue weighted by atomic mass is 79.9. The highest BCUT2D eigenvalue weighted by Crippen LogP contribution is 2.42. The van der Waals surface area contributed by atoms with Crippen LogP contribution in [0.3, 0.4) is 0 Å². The third-order valence-corrected chi connectivity index (χ3v) is 3.90. The van der Waals surface area contributed by atoms with Gasteiger partial charge in [0.05, 0.1) is 6.61 Å². The molecule has 1 aliphatic rings. The van der Waals surface area contributed by atoms with Crippen LogP contribution in [0.5, 0.6) is 0 Å². The molecule has 1 aromatic rings. The third kappa shape index (κ3) is 1.99. The first-order chi connectivity index (χ1) is 7.18. The van der Waals surface area contributed by atoms with Crippen LogP contribution in [0.1, 0.15) is 12.0 Å². The van der Waals surface area contributed by atoms with Crippen LogP contribution in [0, 0.1) is 0 Å². The molecule has 15 heavy (non-hydrogen) atoms. The largest absolute Gasteiger partial charge is 0.365 e. The fraction of sp³-hybridized carbons (Fsp3) is 0.333. The van der Waals surface area contributed by atoms with E-state index in [9.17, 15) is 0 Å². The SMILES string of the molecule is C=C1COC(CBr)(c2ccccc2Cl)C1. The Morgan fingerprint density at radius 1 is 1.47 bits per heavy atom. The zero-order valence-corrected chi connectivity index (χ0v) is 10.6. The predicted octanol–water partition coefficient (Wildman–Crippen LogP) is 3.91. The molecule has 1 unspecified atom stereocenters. The Morgan fingerprint density at radius 2 is 2.20 bits per heavy atom. The molecule has 0 bridgehead atoms. The quantitative estimate of drug-likeness (QED) is 0.592. The number of alkyl halides is 1. The van der Waals surface area contributed by atoms with E-state index in [-0.39, 0.29) is 5.60 Å². The maximum Gasteiger partial charge on any atom is 0.108 e. The molecular weight excluding hydrogens is 275 g/mol. The van der Waals surface area contributed by atoms with Gasteiger partial charge in [-0.2, -0.15) is 0 Å². The molecule has 0 N–H and O–H groups in total. The van der Waals surface area contributed by atoms with Crippen LogP contribution in [-0.2, 0) is 10.3 Å². The zero-order valence-electron chi connectivity index (χ0n) is 8.30. The van der Waals surface area contributed by atoms with Crippen molar-refractivity contribution in [3.05, 3.63) is 47.0 Å². The van der Waals surface area contributed by atoms with Crippen molar-refractivity contribution < 1.29 is 4.74 Å². The Balaban J connectivity index is 2.43. The van der Waals surface area contributed by atoms with E-state index in [4.69, 9.17) is 16.3 Å². The van der Waals surface area contributed by atoms with Gasteiger partial charge >= 0.3 is 0 Å². The van der Waals surface area contributed by atoms with Crippen molar-refractivity contribution in [1.82, 2.24) is 0 Å². The van der Waals surface area contributed by atoms with E-state index in [1.165, 1.54) is 0 Å². The van der Waals surface area contributed by atoms with Gasteiger partial charge in [0.1, 0.15) is 5.60 Å². The summed E-state index contributed by atoms with van der Waals surface area (Å²) in [6.45, 7) is 4.59. The highest BCUT2D eigenvalue weighted by Gasteiger charge is 2.39. The van der Waals surface area contributed by atoms with E-state index in [1.807, 2.05) is 24.3 Å². The normalized spacial score (nSPS) is 25.9. The summed E-state index contributed by atoms with van der Waals surface area (Å²) >= 11 is 9.70. The predicted molar refractivity (Wildman–Crippen MR) is 66.6 cm³/mol. The minimum atomic E-state index is -0.324. The van der Waals surface area contributed by atoms with Crippen molar-refractivity contribution in [2.75, 3.05) is 11.9 Å². The second kappa shape index (κ2) is 4.28. The summed E-state index contributed by atoms with van der Waals surface area (Å²) in [6.07, 6.45) is 0.835. The lowest BCUT2D eigenvalue weighted by Crippen LogP contribution is -2.27. The van der Waals surface area contributed by atoms with Crippen molar-refractivity contribution in [2.24, 2.45) is 0 Å². The highest BCUT2D eigenvalue weighted by molar-refractivity contribution is 9.09. The smallest absolute Gasteiger partial charge is 0.108 e. The Morgan fingerprint density at radius 3 is 2.73 bits per heavy atom. The van der Waals surface area contributed by atoms with Gasteiger partial charge in [0.2, 0.25) is 0 Å². The molecule has 3 heteroatoms. The van der Waals surface area contributed by atoms with Gasteiger partial charge < -0.3 is 4.74 Å². The standard InChI is InChI=1S/C12H12BrClO/c1-9-6-12(8-13,15-7-9)10-4-2-3-5-11(10)14/h2-5H,1,6-8H2. The van der Waals surface area contributed by atoms with Gasteiger partial charge in [0, 0.05) is 22.3 Å². The molecule has 1 heterocycles. The summed E-state index contributed by atoms with van der Waals surface area (Å²) in [4.78, 5) is 0. The van der Waals surface area contributed by atoms with Gasteiger partial charge in [0.15, 0.2) is 0 Å². The molecule has 1 aliphatic heterocycles. The molecule has 0 amide bonds. The fourth-order valence-corrected chi connectivity index (χ4v) is 2.88. The van der Waals surface area contributed by atoms with Crippen LogP contribution in [0.25, 0.3) is 0 Å². The summed E-state index contributed by atoms with van der Waals surface area (Å²) in [5, 5.41) is 1.50. The van der Waals surface area contributed by atoms with Crippen molar-refractivity contribution in [2.45, 2.75) is 12.0 Å². The van der Waals surface area contributed by atoms with Crippen molar-refractivity contribution in [3.63, 3.8) is 0 Å². The maximum atomic E-state index is 6.19. The second-order valence-electron chi connectivity index (χ2n) is 3.82. The molecule has 1 nitrogen and oxygen atoms in total. The van der Waals surface area contributed by atoms with E-state index in [1.54, 1.807) is 0 Å². The lowest BCUT2D eigenvalue weighted by Gasteiger charge is -2.27. The summed E-state index contributed by atoms with van der Waals surface area (Å²) in [6, 6.07) is 7.82. The first kappa shape index (κ1) is 11.2.